The number of benzene rings is 1. The fourth-order valence-electron chi connectivity index (χ4n) is 1.53. The van der Waals surface area contributed by atoms with Crippen molar-refractivity contribution in [2.45, 2.75) is 39.2 Å². The highest BCUT2D eigenvalue weighted by atomic mass is 16.5. The molecule has 0 amide bonds. The smallest absolute Gasteiger partial charge is 0.310 e. The number of rotatable bonds is 5. The highest BCUT2D eigenvalue weighted by Gasteiger charge is 2.12. The van der Waals surface area contributed by atoms with Crippen LogP contribution < -0.4 is 5.73 Å². The molecule has 0 heterocycles. The summed E-state index contributed by atoms with van der Waals surface area (Å²) in [6.07, 6.45) is 1.99. The Balaban J connectivity index is 2.55. The zero-order valence-electron chi connectivity index (χ0n) is 9.90. The van der Waals surface area contributed by atoms with Gasteiger partial charge in [0.25, 0.3) is 0 Å². The van der Waals surface area contributed by atoms with Crippen molar-refractivity contribution in [1.82, 2.24) is 0 Å². The van der Waals surface area contributed by atoms with Gasteiger partial charge < -0.3 is 10.5 Å². The van der Waals surface area contributed by atoms with Gasteiger partial charge in [-0.3, -0.25) is 4.79 Å². The molecule has 0 aliphatic carbocycles. The minimum absolute atomic E-state index is 0.0254. The van der Waals surface area contributed by atoms with Gasteiger partial charge in [-0.15, -0.1) is 0 Å². The molecule has 0 spiro atoms. The second-order valence-electron chi connectivity index (χ2n) is 3.80. The molecule has 0 bridgehead atoms. The Morgan fingerprint density at radius 2 is 1.94 bits per heavy atom. The molecule has 1 aromatic carbocycles. The lowest BCUT2D eigenvalue weighted by Gasteiger charge is -2.14. The van der Waals surface area contributed by atoms with Crippen molar-refractivity contribution < 1.29 is 9.53 Å². The van der Waals surface area contributed by atoms with Gasteiger partial charge in [0, 0.05) is 5.69 Å². The molecule has 3 heteroatoms. The lowest BCUT2D eigenvalue weighted by molar-refractivity contribution is -0.148. The van der Waals surface area contributed by atoms with Crippen molar-refractivity contribution >= 4 is 11.7 Å². The number of nitrogens with two attached hydrogens (primary N) is 1. The van der Waals surface area contributed by atoms with Gasteiger partial charge in [-0.05, 0) is 24.5 Å². The van der Waals surface area contributed by atoms with Crippen LogP contribution in [-0.4, -0.2) is 12.1 Å². The van der Waals surface area contributed by atoms with Crippen molar-refractivity contribution in [3.63, 3.8) is 0 Å². The molecule has 1 rings (SSSR count). The number of esters is 1. The fraction of sp³-hybridized carbons (Fsp3) is 0.462. The zero-order chi connectivity index (χ0) is 12.0. The monoisotopic (exact) mass is 221 g/mol. The van der Waals surface area contributed by atoms with E-state index in [-0.39, 0.29) is 18.5 Å². The van der Waals surface area contributed by atoms with Crippen molar-refractivity contribution in [1.29, 1.82) is 0 Å². The lowest BCUT2D eigenvalue weighted by atomic mass is 10.1. The van der Waals surface area contributed by atoms with Gasteiger partial charge in [0.2, 0.25) is 0 Å². The maximum Gasteiger partial charge on any atom is 0.310 e. The van der Waals surface area contributed by atoms with Crippen LogP contribution in [0.3, 0.4) is 0 Å². The fourth-order valence-corrected chi connectivity index (χ4v) is 1.53. The van der Waals surface area contributed by atoms with Gasteiger partial charge >= 0.3 is 5.97 Å². The zero-order valence-corrected chi connectivity index (χ0v) is 9.90. The topological polar surface area (TPSA) is 52.3 Å². The van der Waals surface area contributed by atoms with Crippen molar-refractivity contribution in [3.8, 4) is 0 Å². The molecule has 3 nitrogen and oxygen atoms in total. The summed E-state index contributed by atoms with van der Waals surface area (Å²) in [5.74, 6) is -0.202. The van der Waals surface area contributed by atoms with E-state index in [4.69, 9.17) is 10.5 Å². The quantitative estimate of drug-likeness (QED) is 0.614. The maximum absolute atomic E-state index is 11.6. The van der Waals surface area contributed by atoms with Crippen LogP contribution in [0.15, 0.2) is 24.3 Å². The minimum Gasteiger partial charge on any atom is -0.462 e. The van der Waals surface area contributed by atoms with Crippen LogP contribution in [0.1, 0.15) is 32.3 Å². The molecule has 0 unspecified atom stereocenters. The van der Waals surface area contributed by atoms with E-state index in [9.17, 15) is 4.79 Å². The Bertz CT molecular complexity index is 346. The second-order valence-corrected chi connectivity index (χ2v) is 3.80. The number of hydrogen-bond acceptors (Lipinski definition) is 3. The standard InChI is InChI=1S/C13H19NO2/c1-3-11(4-2)16-13(15)9-10-7-5-6-8-12(10)14/h5-8,11H,3-4,9,14H2,1-2H3. The Kier molecular flexibility index (Phi) is 4.83. The molecule has 0 aliphatic heterocycles. The number of anilines is 1. The third-order valence-electron chi connectivity index (χ3n) is 2.60. The van der Waals surface area contributed by atoms with Crippen molar-refractivity contribution in [3.05, 3.63) is 29.8 Å². The molecule has 0 aromatic heterocycles. The van der Waals surface area contributed by atoms with E-state index in [1.807, 2.05) is 32.0 Å². The predicted molar refractivity (Wildman–Crippen MR) is 65.0 cm³/mol. The van der Waals surface area contributed by atoms with Crippen molar-refractivity contribution in [2.75, 3.05) is 5.73 Å². The van der Waals surface area contributed by atoms with Crippen LogP contribution in [0.2, 0.25) is 0 Å². The number of carbonyl (C=O) groups is 1. The van der Waals surface area contributed by atoms with E-state index < -0.39 is 0 Å². The molecule has 0 fully saturated rings. The number of para-hydroxylation sites is 1. The Labute approximate surface area is 96.6 Å². The number of nitrogen functional groups attached to an aromatic ring is 1. The van der Waals surface area contributed by atoms with Crippen LogP contribution in [0.25, 0.3) is 0 Å². The van der Waals surface area contributed by atoms with Crippen LogP contribution in [0, 0.1) is 0 Å². The summed E-state index contributed by atoms with van der Waals surface area (Å²) < 4.78 is 5.31. The normalized spacial score (nSPS) is 10.4. The third kappa shape index (κ3) is 3.57. The summed E-state index contributed by atoms with van der Waals surface area (Å²) in [6, 6.07) is 7.37. The molecule has 0 aliphatic rings. The molecule has 88 valence electrons. The van der Waals surface area contributed by atoms with E-state index in [0.717, 1.165) is 18.4 Å². The largest absolute Gasteiger partial charge is 0.462 e. The van der Waals surface area contributed by atoms with E-state index in [2.05, 4.69) is 0 Å². The lowest BCUT2D eigenvalue weighted by Crippen LogP contribution is -2.18. The Hall–Kier alpha value is -1.51. The van der Waals surface area contributed by atoms with E-state index in [1.54, 1.807) is 6.07 Å². The number of ether oxygens (including phenoxy) is 1. The molecule has 0 saturated heterocycles. The molecular formula is C13H19NO2. The summed E-state index contributed by atoms with van der Waals surface area (Å²) >= 11 is 0. The third-order valence-corrected chi connectivity index (χ3v) is 2.60. The Morgan fingerprint density at radius 1 is 1.31 bits per heavy atom. The molecule has 0 saturated carbocycles. The van der Waals surface area contributed by atoms with Crippen LogP contribution in [0.4, 0.5) is 5.69 Å². The molecular weight excluding hydrogens is 202 g/mol. The van der Waals surface area contributed by atoms with Crippen molar-refractivity contribution in [2.24, 2.45) is 0 Å². The highest BCUT2D eigenvalue weighted by Crippen LogP contribution is 2.13. The average molecular weight is 221 g/mol. The van der Waals surface area contributed by atoms with Crippen LogP contribution in [-0.2, 0) is 16.0 Å². The first-order valence-corrected chi connectivity index (χ1v) is 5.70. The summed E-state index contributed by atoms with van der Waals surface area (Å²) in [5.41, 5.74) is 7.23. The van der Waals surface area contributed by atoms with Gasteiger partial charge in [0.05, 0.1) is 6.42 Å². The first kappa shape index (κ1) is 12.6. The first-order chi connectivity index (χ1) is 7.67. The number of hydrogen-bond donors (Lipinski definition) is 1. The van der Waals surface area contributed by atoms with Gasteiger partial charge in [0.1, 0.15) is 6.10 Å². The molecule has 16 heavy (non-hydrogen) atoms. The van der Waals surface area contributed by atoms with Gasteiger partial charge in [0.15, 0.2) is 0 Å². The van der Waals surface area contributed by atoms with E-state index in [1.165, 1.54) is 0 Å². The predicted octanol–water partition coefficient (Wildman–Crippen LogP) is 2.54. The average Bonchev–Trinajstić information content (AvgIpc) is 2.29. The molecule has 0 atom stereocenters. The molecule has 0 radical (unpaired) electrons. The highest BCUT2D eigenvalue weighted by molar-refractivity contribution is 5.75. The first-order valence-electron chi connectivity index (χ1n) is 5.70. The SMILES string of the molecule is CCC(CC)OC(=O)Cc1ccccc1N. The van der Waals surface area contributed by atoms with Crippen LogP contribution >= 0.6 is 0 Å². The minimum atomic E-state index is -0.202. The summed E-state index contributed by atoms with van der Waals surface area (Å²) in [7, 11) is 0. The Morgan fingerprint density at radius 3 is 2.50 bits per heavy atom. The maximum atomic E-state index is 11.6. The number of carbonyl (C=O) groups excluding carboxylic acids is 1. The summed E-state index contributed by atoms with van der Waals surface area (Å²) in [4.78, 5) is 11.6. The molecule has 1 aromatic rings. The van der Waals surface area contributed by atoms with Crippen LogP contribution in [0.5, 0.6) is 0 Å². The van der Waals surface area contributed by atoms with Gasteiger partial charge in [-0.2, -0.15) is 0 Å². The van der Waals surface area contributed by atoms with E-state index >= 15 is 0 Å². The second kappa shape index (κ2) is 6.16. The van der Waals surface area contributed by atoms with Gasteiger partial charge in [-0.1, -0.05) is 32.0 Å². The van der Waals surface area contributed by atoms with Gasteiger partial charge in [-0.25, -0.2) is 0 Å². The van der Waals surface area contributed by atoms with E-state index in [0.29, 0.717) is 5.69 Å². The summed E-state index contributed by atoms with van der Waals surface area (Å²) in [5, 5.41) is 0. The summed E-state index contributed by atoms with van der Waals surface area (Å²) in [6.45, 7) is 4.02. The molecule has 2 N–H and O–H groups in total.